The molecular weight excluding hydrogens is 288 g/mol. The summed E-state index contributed by atoms with van der Waals surface area (Å²) >= 11 is 0. The number of nitrogens with one attached hydrogen (secondary N) is 1. The minimum absolute atomic E-state index is 0.209. The van der Waals surface area contributed by atoms with Gasteiger partial charge in [-0.15, -0.1) is 0 Å². The third-order valence-electron chi connectivity index (χ3n) is 4.65. The van der Waals surface area contributed by atoms with E-state index in [1.54, 1.807) is 0 Å². The minimum atomic E-state index is -3.11. The number of nitrogens with zero attached hydrogens (tertiary/aromatic N) is 1. The van der Waals surface area contributed by atoms with E-state index in [-0.39, 0.29) is 5.92 Å². The van der Waals surface area contributed by atoms with E-state index in [2.05, 4.69) is 5.32 Å². The molecule has 2 atom stereocenters. The van der Waals surface area contributed by atoms with E-state index < -0.39 is 10.0 Å². The number of piperidine rings is 2. The summed E-state index contributed by atoms with van der Waals surface area (Å²) in [4.78, 5) is 12.1. The number of carbonyl (C=O) groups is 1. The molecule has 0 aromatic heterocycles. The Morgan fingerprint density at radius 2 is 2.05 bits per heavy atom. The van der Waals surface area contributed by atoms with Crippen molar-refractivity contribution in [3.63, 3.8) is 0 Å². The van der Waals surface area contributed by atoms with Gasteiger partial charge in [-0.3, -0.25) is 4.79 Å². The van der Waals surface area contributed by atoms with Gasteiger partial charge in [-0.05, 0) is 44.6 Å². The van der Waals surface area contributed by atoms with Crippen LogP contribution in [-0.4, -0.2) is 50.4 Å². The quantitative estimate of drug-likeness (QED) is 0.807. The summed E-state index contributed by atoms with van der Waals surface area (Å²) in [6.07, 6.45) is 8.89. The predicted molar refractivity (Wildman–Crippen MR) is 83.6 cm³/mol. The smallest absolute Gasteiger partial charge is 0.211 e. The van der Waals surface area contributed by atoms with Gasteiger partial charge in [0, 0.05) is 32.0 Å². The van der Waals surface area contributed by atoms with Gasteiger partial charge >= 0.3 is 0 Å². The lowest BCUT2D eigenvalue weighted by Crippen LogP contribution is -2.40. The average molecular weight is 316 g/mol. The maximum absolute atomic E-state index is 12.1. The van der Waals surface area contributed by atoms with Crippen LogP contribution in [-0.2, 0) is 14.8 Å². The fourth-order valence-corrected chi connectivity index (χ4v) is 4.37. The maximum atomic E-state index is 12.1. The van der Waals surface area contributed by atoms with E-state index in [9.17, 15) is 13.2 Å². The van der Waals surface area contributed by atoms with Crippen LogP contribution in [0.4, 0.5) is 0 Å². The molecule has 0 amide bonds. The topological polar surface area (TPSA) is 66.5 Å². The molecule has 0 spiro atoms. The summed E-state index contributed by atoms with van der Waals surface area (Å²) in [5.74, 6) is 0.503. The van der Waals surface area contributed by atoms with Crippen LogP contribution < -0.4 is 5.32 Å². The molecule has 2 saturated heterocycles. The van der Waals surface area contributed by atoms with Crippen molar-refractivity contribution < 1.29 is 13.2 Å². The number of Topliss-reactive ketones (excluding diaryl/α,β-unsaturated/α-hetero) is 1. The molecule has 2 aliphatic heterocycles. The lowest BCUT2D eigenvalue weighted by Gasteiger charge is -2.30. The number of rotatable bonds is 6. The van der Waals surface area contributed by atoms with Crippen LogP contribution in [0.1, 0.15) is 51.4 Å². The van der Waals surface area contributed by atoms with Gasteiger partial charge in [-0.25, -0.2) is 12.7 Å². The van der Waals surface area contributed by atoms with Crippen molar-refractivity contribution in [3.8, 4) is 0 Å². The average Bonchev–Trinajstić information content (AvgIpc) is 2.46. The fourth-order valence-electron chi connectivity index (χ4n) is 3.42. The lowest BCUT2D eigenvalue weighted by atomic mass is 9.91. The molecule has 0 radical (unpaired) electrons. The van der Waals surface area contributed by atoms with E-state index in [1.165, 1.54) is 29.8 Å². The van der Waals surface area contributed by atoms with Crippen LogP contribution >= 0.6 is 0 Å². The summed E-state index contributed by atoms with van der Waals surface area (Å²) < 4.78 is 24.7. The Morgan fingerprint density at radius 1 is 1.24 bits per heavy atom. The number of hydrogen-bond acceptors (Lipinski definition) is 4. The summed E-state index contributed by atoms with van der Waals surface area (Å²) in [6.45, 7) is 2.20. The first kappa shape index (κ1) is 16.9. The zero-order valence-corrected chi connectivity index (χ0v) is 13.8. The van der Waals surface area contributed by atoms with Crippen LogP contribution in [0, 0.1) is 5.92 Å². The molecule has 21 heavy (non-hydrogen) atoms. The molecule has 0 aromatic carbocycles. The number of ketones is 1. The monoisotopic (exact) mass is 316 g/mol. The van der Waals surface area contributed by atoms with Crippen LogP contribution in [0.15, 0.2) is 0 Å². The van der Waals surface area contributed by atoms with Crippen molar-refractivity contribution >= 4 is 15.8 Å². The van der Waals surface area contributed by atoms with Crippen LogP contribution in [0.3, 0.4) is 0 Å². The highest BCUT2D eigenvalue weighted by Gasteiger charge is 2.27. The second kappa shape index (κ2) is 7.70. The second-order valence-corrected chi connectivity index (χ2v) is 8.54. The Labute approximate surface area is 128 Å². The molecule has 2 rings (SSSR count). The largest absolute Gasteiger partial charge is 0.314 e. The van der Waals surface area contributed by atoms with E-state index in [0.29, 0.717) is 37.8 Å². The van der Waals surface area contributed by atoms with Crippen LogP contribution in [0.2, 0.25) is 0 Å². The molecule has 2 unspecified atom stereocenters. The summed E-state index contributed by atoms with van der Waals surface area (Å²) in [6, 6.07) is 0.501. The van der Waals surface area contributed by atoms with E-state index >= 15 is 0 Å². The third-order valence-corrected chi connectivity index (χ3v) is 5.92. The Hall–Kier alpha value is -0.460. The van der Waals surface area contributed by atoms with E-state index in [0.717, 1.165) is 25.8 Å². The van der Waals surface area contributed by atoms with E-state index in [4.69, 9.17) is 0 Å². The van der Waals surface area contributed by atoms with Crippen molar-refractivity contribution in [1.29, 1.82) is 0 Å². The van der Waals surface area contributed by atoms with Crippen molar-refractivity contribution in [2.45, 2.75) is 57.4 Å². The molecule has 6 heteroatoms. The van der Waals surface area contributed by atoms with Gasteiger partial charge in [0.25, 0.3) is 0 Å². The third kappa shape index (κ3) is 5.68. The first-order chi connectivity index (χ1) is 9.95. The lowest BCUT2D eigenvalue weighted by molar-refractivity contribution is -0.120. The van der Waals surface area contributed by atoms with Crippen molar-refractivity contribution in [2.75, 3.05) is 25.9 Å². The van der Waals surface area contributed by atoms with Crippen molar-refractivity contribution in [2.24, 2.45) is 5.92 Å². The molecule has 0 aromatic rings. The van der Waals surface area contributed by atoms with Crippen molar-refractivity contribution in [3.05, 3.63) is 0 Å². The summed E-state index contributed by atoms with van der Waals surface area (Å²) in [7, 11) is -3.11. The number of hydrogen-bond donors (Lipinski definition) is 1. The Balaban J connectivity index is 1.71. The maximum Gasteiger partial charge on any atom is 0.211 e. The first-order valence-corrected chi connectivity index (χ1v) is 10.00. The van der Waals surface area contributed by atoms with Gasteiger partial charge < -0.3 is 5.32 Å². The van der Waals surface area contributed by atoms with Gasteiger partial charge in [0.05, 0.1) is 6.26 Å². The SMILES string of the molecule is CS(=O)(=O)N1CCCC(CC(=O)CCC2CCCCN2)C1. The Kier molecular flexibility index (Phi) is 6.20. The predicted octanol–water partition coefficient (Wildman–Crippen LogP) is 1.54. The van der Waals surface area contributed by atoms with E-state index in [1.807, 2.05) is 0 Å². The molecule has 0 bridgehead atoms. The van der Waals surface area contributed by atoms with Gasteiger partial charge in [-0.2, -0.15) is 0 Å². The molecule has 0 aliphatic carbocycles. The zero-order valence-electron chi connectivity index (χ0n) is 13.0. The first-order valence-electron chi connectivity index (χ1n) is 8.15. The highest BCUT2D eigenvalue weighted by atomic mass is 32.2. The molecule has 2 heterocycles. The van der Waals surface area contributed by atoms with Crippen molar-refractivity contribution in [1.82, 2.24) is 9.62 Å². The van der Waals surface area contributed by atoms with Gasteiger partial charge in [0.2, 0.25) is 10.0 Å². The van der Waals surface area contributed by atoms with Crippen LogP contribution in [0.25, 0.3) is 0 Å². The minimum Gasteiger partial charge on any atom is -0.314 e. The molecule has 122 valence electrons. The summed E-state index contributed by atoms with van der Waals surface area (Å²) in [5.41, 5.74) is 0. The zero-order chi connectivity index (χ0) is 15.3. The fraction of sp³-hybridized carbons (Fsp3) is 0.933. The molecule has 2 aliphatic rings. The Bertz CT molecular complexity index is 444. The molecule has 0 saturated carbocycles. The molecule has 1 N–H and O–H groups in total. The number of sulfonamides is 1. The second-order valence-electron chi connectivity index (χ2n) is 6.56. The molecular formula is C15H28N2O3S. The summed E-state index contributed by atoms with van der Waals surface area (Å²) in [5, 5.41) is 3.47. The highest BCUT2D eigenvalue weighted by Crippen LogP contribution is 2.23. The molecule has 2 fully saturated rings. The van der Waals surface area contributed by atoms with Gasteiger partial charge in [0.1, 0.15) is 5.78 Å². The Morgan fingerprint density at radius 3 is 2.71 bits per heavy atom. The molecule has 5 nitrogen and oxygen atoms in total. The number of carbonyl (C=O) groups excluding carboxylic acids is 1. The highest BCUT2D eigenvalue weighted by molar-refractivity contribution is 7.88. The van der Waals surface area contributed by atoms with Gasteiger partial charge in [-0.1, -0.05) is 6.42 Å². The normalized spacial score (nSPS) is 28.4. The van der Waals surface area contributed by atoms with Crippen LogP contribution in [0.5, 0.6) is 0 Å². The van der Waals surface area contributed by atoms with Gasteiger partial charge in [0.15, 0.2) is 0 Å². The standard InChI is InChI=1S/C15H28N2O3S/c1-21(19,20)17-10-4-5-13(12-17)11-15(18)8-7-14-6-2-3-9-16-14/h13-14,16H,2-12H2,1H3.